The lowest BCUT2D eigenvalue weighted by atomic mass is 9.72. The molecule has 11 heteroatoms. The molecule has 8 nitrogen and oxygen atoms in total. The molecule has 3 N–H and O–H groups in total. The Hall–Kier alpha value is -3.15. The van der Waals surface area contributed by atoms with Crippen molar-refractivity contribution in [3.8, 4) is 11.4 Å². The Bertz CT molecular complexity index is 1680. The molecule has 0 unspecified atom stereocenters. The van der Waals surface area contributed by atoms with Gasteiger partial charge in [0.2, 0.25) is 5.91 Å². The van der Waals surface area contributed by atoms with E-state index in [4.69, 9.17) is 15.5 Å². The fourth-order valence-electron chi connectivity index (χ4n) is 5.10. The number of benzene rings is 1. The van der Waals surface area contributed by atoms with E-state index in [0.717, 1.165) is 30.4 Å². The van der Waals surface area contributed by atoms with Gasteiger partial charge in [-0.1, -0.05) is 38.6 Å². The SMILES string of the molecule is COc1ccc(C)c(-n2c(SCC(=O)Nc3sccc3C(N)=O)nc3sc4c(c3c2=O)CC[C@H](C(C)(C)C)C4)c1. The van der Waals surface area contributed by atoms with Gasteiger partial charge in [-0.05, 0) is 66.2 Å². The van der Waals surface area contributed by atoms with Crippen LogP contribution in [0.15, 0.2) is 39.6 Å². The number of primary amides is 1. The molecule has 4 aromatic rings. The molecule has 0 saturated heterocycles. The summed E-state index contributed by atoms with van der Waals surface area (Å²) in [5.74, 6) is 0.230. The predicted octanol–water partition coefficient (Wildman–Crippen LogP) is 5.81. The molecule has 40 heavy (non-hydrogen) atoms. The number of rotatable bonds is 7. The van der Waals surface area contributed by atoms with Crippen LogP contribution < -0.4 is 21.3 Å². The lowest BCUT2D eigenvalue weighted by molar-refractivity contribution is -0.113. The summed E-state index contributed by atoms with van der Waals surface area (Å²) in [6.45, 7) is 8.76. The molecule has 0 radical (unpaired) electrons. The molecule has 1 aliphatic rings. The summed E-state index contributed by atoms with van der Waals surface area (Å²) in [6, 6.07) is 7.17. The zero-order chi connectivity index (χ0) is 28.8. The predicted molar refractivity (Wildman–Crippen MR) is 164 cm³/mol. The number of fused-ring (bicyclic) bond motifs is 3. The molecule has 1 aromatic carbocycles. The van der Waals surface area contributed by atoms with Crippen LogP contribution in [0.3, 0.4) is 0 Å². The molecule has 3 heterocycles. The number of hydrogen-bond acceptors (Lipinski definition) is 8. The summed E-state index contributed by atoms with van der Waals surface area (Å²) in [7, 11) is 1.59. The third-order valence-corrected chi connectivity index (χ3v) is 10.4. The van der Waals surface area contributed by atoms with Crippen molar-refractivity contribution in [2.45, 2.75) is 52.1 Å². The molecule has 2 amide bonds. The number of carbonyl (C=O) groups is 2. The van der Waals surface area contributed by atoms with Gasteiger partial charge in [-0.3, -0.25) is 19.0 Å². The standard InChI is InChI=1S/C29H32N4O4S3/c1-15-6-8-17(37-5)13-20(15)33-27(36)23-18-9-7-16(29(2,3)4)12-21(18)40-26(23)32-28(33)39-14-22(34)31-25-19(24(30)35)10-11-38-25/h6,8,10-11,13,16H,7,9,12,14H2,1-5H3,(H2,30,35)(H,31,34)/t16-/m0/s1. The van der Waals surface area contributed by atoms with E-state index in [1.165, 1.54) is 28.0 Å². The van der Waals surface area contributed by atoms with E-state index in [-0.39, 0.29) is 28.2 Å². The number of aromatic nitrogens is 2. The van der Waals surface area contributed by atoms with Gasteiger partial charge in [-0.15, -0.1) is 22.7 Å². The molecule has 1 aliphatic carbocycles. The summed E-state index contributed by atoms with van der Waals surface area (Å²) in [6.07, 6.45) is 2.82. The Morgan fingerprint density at radius 3 is 2.75 bits per heavy atom. The minimum Gasteiger partial charge on any atom is -0.497 e. The van der Waals surface area contributed by atoms with E-state index in [1.807, 2.05) is 25.1 Å². The summed E-state index contributed by atoms with van der Waals surface area (Å²) in [5, 5.41) is 5.97. The zero-order valence-electron chi connectivity index (χ0n) is 23.1. The van der Waals surface area contributed by atoms with Crippen molar-refractivity contribution < 1.29 is 14.3 Å². The van der Waals surface area contributed by atoms with Gasteiger partial charge >= 0.3 is 0 Å². The zero-order valence-corrected chi connectivity index (χ0v) is 25.6. The molecule has 0 fully saturated rings. The number of aryl methyl sites for hydroxylation is 2. The van der Waals surface area contributed by atoms with Gasteiger partial charge in [0.25, 0.3) is 11.5 Å². The largest absolute Gasteiger partial charge is 0.497 e. The first-order valence-electron chi connectivity index (χ1n) is 13.0. The third-order valence-electron chi connectivity index (χ3n) is 7.45. The van der Waals surface area contributed by atoms with Gasteiger partial charge in [-0.2, -0.15) is 0 Å². The topological polar surface area (TPSA) is 116 Å². The monoisotopic (exact) mass is 596 g/mol. The fraction of sp³-hybridized carbons (Fsp3) is 0.379. The molecule has 0 bridgehead atoms. The van der Waals surface area contributed by atoms with E-state index < -0.39 is 5.91 Å². The maximum Gasteiger partial charge on any atom is 0.267 e. The fourth-order valence-corrected chi connectivity index (χ4v) is 8.06. The van der Waals surface area contributed by atoms with Crippen molar-refractivity contribution in [2.75, 3.05) is 18.2 Å². The number of amides is 2. The van der Waals surface area contributed by atoms with Gasteiger partial charge in [-0.25, -0.2) is 4.98 Å². The van der Waals surface area contributed by atoms with Gasteiger partial charge in [0.05, 0.1) is 29.5 Å². The molecule has 3 aromatic heterocycles. The van der Waals surface area contributed by atoms with Crippen molar-refractivity contribution in [2.24, 2.45) is 17.1 Å². The van der Waals surface area contributed by atoms with Crippen LogP contribution in [0.2, 0.25) is 0 Å². The van der Waals surface area contributed by atoms with E-state index >= 15 is 0 Å². The minimum absolute atomic E-state index is 0.00570. The molecular formula is C29H32N4O4S3. The molecule has 5 rings (SSSR count). The van der Waals surface area contributed by atoms with Crippen molar-refractivity contribution >= 4 is 61.5 Å². The number of nitrogens with two attached hydrogens (primary N) is 1. The van der Waals surface area contributed by atoms with E-state index in [2.05, 4.69) is 26.1 Å². The highest BCUT2D eigenvalue weighted by molar-refractivity contribution is 7.99. The normalized spacial score (nSPS) is 15.2. The molecule has 0 aliphatic heterocycles. The second kappa shape index (κ2) is 11.0. The summed E-state index contributed by atoms with van der Waals surface area (Å²) < 4.78 is 7.08. The van der Waals surface area contributed by atoms with E-state index in [1.54, 1.807) is 34.5 Å². The van der Waals surface area contributed by atoms with Gasteiger partial charge in [0.1, 0.15) is 15.6 Å². The highest BCUT2D eigenvalue weighted by Crippen LogP contribution is 2.42. The summed E-state index contributed by atoms with van der Waals surface area (Å²) in [5.41, 5.74) is 8.40. The quantitative estimate of drug-likeness (QED) is 0.206. The number of nitrogens with zero attached hydrogens (tertiary/aromatic N) is 2. The maximum atomic E-state index is 14.3. The van der Waals surface area contributed by atoms with E-state index in [0.29, 0.717) is 37.7 Å². The number of methoxy groups -OCH3 is 1. The molecule has 210 valence electrons. The van der Waals surface area contributed by atoms with Crippen molar-refractivity contribution in [1.29, 1.82) is 0 Å². The Morgan fingerprint density at radius 1 is 1.27 bits per heavy atom. The van der Waals surface area contributed by atoms with Crippen LogP contribution in [-0.2, 0) is 17.6 Å². The number of hydrogen-bond donors (Lipinski definition) is 2. The van der Waals surface area contributed by atoms with E-state index in [9.17, 15) is 14.4 Å². The van der Waals surface area contributed by atoms with Crippen LogP contribution in [0.4, 0.5) is 5.00 Å². The molecule has 0 saturated carbocycles. The second-order valence-corrected chi connectivity index (χ2v) is 14.0. The number of thioether (sulfide) groups is 1. The molecular weight excluding hydrogens is 565 g/mol. The summed E-state index contributed by atoms with van der Waals surface area (Å²) >= 11 is 4.01. The van der Waals surface area contributed by atoms with Crippen molar-refractivity contribution in [3.63, 3.8) is 0 Å². The highest BCUT2D eigenvalue weighted by Gasteiger charge is 2.32. The Kier molecular flexibility index (Phi) is 7.82. The first-order valence-corrected chi connectivity index (χ1v) is 15.7. The first-order chi connectivity index (χ1) is 19.0. The van der Waals surface area contributed by atoms with Gasteiger partial charge < -0.3 is 15.8 Å². The first kappa shape index (κ1) is 28.4. The second-order valence-electron chi connectivity index (χ2n) is 11.0. The number of anilines is 1. The lowest BCUT2D eigenvalue weighted by Crippen LogP contribution is -2.27. The van der Waals surface area contributed by atoms with Crippen LogP contribution in [0.5, 0.6) is 5.75 Å². The smallest absolute Gasteiger partial charge is 0.267 e. The number of thiophene rings is 2. The molecule has 0 spiro atoms. The Balaban J connectivity index is 1.57. The minimum atomic E-state index is -0.603. The third kappa shape index (κ3) is 5.42. The average molecular weight is 597 g/mol. The lowest BCUT2D eigenvalue weighted by Gasteiger charge is -2.33. The van der Waals surface area contributed by atoms with Gasteiger partial charge in [0, 0.05) is 10.9 Å². The Labute approximate surface area is 245 Å². The van der Waals surface area contributed by atoms with Crippen LogP contribution in [0.1, 0.15) is 53.6 Å². The molecule has 1 atom stereocenters. The summed E-state index contributed by atoms with van der Waals surface area (Å²) in [4.78, 5) is 45.7. The van der Waals surface area contributed by atoms with Crippen LogP contribution in [0.25, 0.3) is 15.9 Å². The van der Waals surface area contributed by atoms with Crippen LogP contribution in [-0.4, -0.2) is 34.2 Å². The number of ether oxygens (including phenoxy) is 1. The van der Waals surface area contributed by atoms with Crippen molar-refractivity contribution in [3.05, 3.63) is 61.6 Å². The van der Waals surface area contributed by atoms with Crippen molar-refractivity contribution in [1.82, 2.24) is 9.55 Å². The number of carbonyl (C=O) groups excluding carboxylic acids is 2. The Morgan fingerprint density at radius 2 is 2.05 bits per heavy atom. The number of nitrogens with one attached hydrogen (secondary N) is 1. The maximum absolute atomic E-state index is 14.3. The van der Waals surface area contributed by atoms with Crippen LogP contribution >= 0.6 is 34.4 Å². The van der Waals surface area contributed by atoms with Crippen LogP contribution in [0, 0.1) is 18.3 Å². The van der Waals surface area contributed by atoms with Gasteiger partial charge in [0.15, 0.2) is 5.16 Å². The highest BCUT2D eigenvalue weighted by atomic mass is 32.2. The average Bonchev–Trinajstić information content (AvgIpc) is 3.51.